The summed E-state index contributed by atoms with van der Waals surface area (Å²) in [6, 6.07) is 0. The Morgan fingerprint density at radius 3 is 1.56 bits per heavy atom. The average Bonchev–Trinajstić information content (AvgIpc) is 2.46. The van der Waals surface area contributed by atoms with Crippen molar-refractivity contribution in [2.75, 3.05) is 20.6 Å². The van der Waals surface area contributed by atoms with E-state index in [1.54, 1.807) is 6.92 Å². The predicted molar refractivity (Wildman–Crippen MR) is 100 cm³/mol. The van der Waals surface area contributed by atoms with E-state index in [9.17, 15) is 8.42 Å². The van der Waals surface area contributed by atoms with Gasteiger partial charge in [-0.05, 0) is 12.8 Å². The van der Waals surface area contributed by atoms with Gasteiger partial charge in [0, 0.05) is 6.92 Å². The van der Waals surface area contributed by atoms with Gasteiger partial charge in [-0.15, -0.1) is 0 Å². The Balaban J connectivity index is 0. The molecule has 0 aliphatic heterocycles. The Bertz CT molecular complexity index is 402. The molecule has 25 heavy (non-hydrogen) atoms. The molecule has 0 aromatic heterocycles. The van der Waals surface area contributed by atoms with Crippen LogP contribution in [-0.4, -0.2) is 44.3 Å². The molecule has 0 bridgehead atoms. The van der Waals surface area contributed by atoms with Gasteiger partial charge >= 0.3 is 10.4 Å². The van der Waals surface area contributed by atoms with Crippen molar-refractivity contribution in [2.45, 2.75) is 97.1 Å². The van der Waals surface area contributed by atoms with Gasteiger partial charge in [-0.1, -0.05) is 71.1 Å². The highest BCUT2D eigenvalue weighted by Gasteiger charge is 2.28. The standard InChI is InChI=1S/C18H39NO4S.BrH/c1-5-6-7-8-9-10-11-12-13-14-15-16-17-19(3,4)18(2)23-24(20,21)22;/h18H,5-17H2,1-4H3;1H. The molecule has 1 atom stereocenters. The third-order valence-corrected chi connectivity index (χ3v) is 5.35. The quantitative estimate of drug-likeness (QED) is 0.170. The van der Waals surface area contributed by atoms with Gasteiger partial charge in [-0.2, -0.15) is 12.6 Å². The molecule has 0 aromatic carbocycles. The molecule has 0 rings (SSSR count). The van der Waals surface area contributed by atoms with E-state index in [0.717, 1.165) is 19.4 Å². The molecule has 0 amide bonds. The lowest BCUT2D eigenvalue weighted by Gasteiger charge is -2.34. The lowest BCUT2D eigenvalue weighted by molar-refractivity contribution is -0.931. The van der Waals surface area contributed by atoms with Gasteiger partial charge in [0.2, 0.25) is 6.23 Å². The third kappa shape index (κ3) is 17.5. The van der Waals surface area contributed by atoms with Crippen molar-refractivity contribution < 1.29 is 38.6 Å². The highest BCUT2D eigenvalue weighted by molar-refractivity contribution is 7.80. The van der Waals surface area contributed by atoms with Crippen molar-refractivity contribution in [1.29, 1.82) is 0 Å². The van der Waals surface area contributed by atoms with E-state index in [-0.39, 0.29) is 17.0 Å². The van der Waals surface area contributed by atoms with Crippen molar-refractivity contribution in [2.24, 2.45) is 0 Å². The molecule has 0 saturated heterocycles. The van der Waals surface area contributed by atoms with Crippen LogP contribution in [0.3, 0.4) is 0 Å². The Hall–Kier alpha value is 0.310. The highest BCUT2D eigenvalue weighted by atomic mass is 79.9. The number of nitrogens with zero attached hydrogens (tertiary/aromatic N) is 1. The second-order valence-corrected chi connectivity index (χ2v) is 8.56. The first-order chi connectivity index (χ1) is 11.2. The maximum atomic E-state index is 10.8. The number of quaternary nitrogens is 1. The smallest absolute Gasteiger partial charge is 0.402 e. The maximum Gasteiger partial charge on any atom is 0.402 e. The summed E-state index contributed by atoms with van der Waals surface area (Å²) in [6.45, 7) is 4.77. The van der Waals surface area contributed by atoms with E-state index >= 15 is 0 Å². The molecule has 0 radical (unpaired) electrons. The van der Waals surface area contributed by atoms with Crippen molar-refractivity contribution in [3.05, 3.63) is 0 Å². The van der Waals surface area contributed by atoms with Gasteiger partial charge < -0.3 is 21.5 Å². The first-order valence-electron chi connectivity index (χ1n) is 9.67. The molecule has 1 unspecified atom stereocenters. The maximum absolute atomic E-state index is 10.8. The van der Waals surface area contributed by atoms with Crippen molar-refractivity contribution in [3.8, 4) is 0 Å². The Labute approximate surface area is 166 Å². The molecule has 0 saturated carbocycles. The monoisotopic (exact) mass is 445 g/mol. The van der Waals surface area contributed by atoms with Gasteiger partial charge in [0.05, 0.1) is 20.6 Å². The largest absolute Gasteiger partial charge is 1.00 e. The van der Waals surface area contributed by atoms with Crippen LogP contribution in [-0.2, 0) is 14.6 Å². The van der Waals surface area contributed by atoms with Crippen LogP contribution in [0.15, 0.2) is 0 Å². The second-order valence-electron chi connectivity index (χ2n) is 7.51. The Morgan fingerprint density at radius 2 is 1.20 bits per heavy atom. The fourth-order valence-corrected chi connectivity index (χ4v) is 3.42. The SMILES string of the molecule is CCCCCCCCCCCCCC[N+](C)(C)C(C)OS(=O)(=O)O.[Br-]. The summed E-state index contributed by atoms with van der Waals surface area (Å²) in [4.78, 5) is 0. The van der Waals surface area contributed by atoms with Crippen molar-refractivity contribution >= 4 is 10.4 Å². The summed E-state index contributed by atoms with van der Waals surface area (Å²) in [7, 11) is -0.528. The topological polar surface area (TPSA) is 63.6 Å². The number of rotatable bonds is 16. The molecular weight excluding hydrogens is 406 g/mol. The van der Waals surface area contributed by atoms with E-state index in [0.29, 0.717) is 4.48 Å². The minimum atomic E-state index is -4.38. The molecule has 0 aliphatic carbocycles. The van der Waals surface area contributed by atoms with Gasteiger partial charge in [-0.25, -0.2) is 0 Å². The number of halogens is 1. The Kier molecular flexibility index (Phi) is 16.9. The molecule has 0 aromatic rings. The minimum Gasteiger partial charge on any atom is -1.00 e. The second kappa shape index (κ2) is 15.4. The molecule has 7 heteroatoms. The van der Waals surface area contributed by atoms with Gasteiger partial charge in [-0.3, -0.25) is 4.55 Å². The summed E-state index contributed by atoms with van der Waals surface area (Å²) in [5, 5.41) is 0. The number of hydrogen-bond acceptors (Lipinski definition) is 3. The normalized spacial score (nSPS) is 13.5. The highest BCUT2D eigenvalue weighted by Crippen LogP contribution is 2.15. The van der Waals surface area contributed by atoms with Crippen LogP contribution >= 0.6 is 0 Å². The fourth-order valence-electron chi connectivity index (χ4n) is 2.83. The van der Waals surface area contributed by atoms with Crippen LogP contribution in [0.2, 0.25) is 0 Å². The van der Waals surface area contributed by atoms with Crippen molar-refractivity contribution in [3.63, 3.8) is 0 Å². The minimum absolute atomic E-state index is 0. The van der Waals surface area contributed by atoms with Gasteiger partial charge in [0.1, 0.15) is 0 Å². The van der Waals surface area contributed by atoms with Crippen LogP contribution in [0.25, 0.3) is 0 Å². The third-order valence-electron chi connectivity index (χ3n) is 4.83. The first-order valence-corrected chi connectivity index (χ1v) is 11.0. The molecule has 0 aliphatic rings. The molecule has 1 N–H and O–H groups in total. The van der Waals surface area contributed by atoms with E-state index < -0.39 is 16.6 Å². The number of unbranched alkanes of at least 4 members (excludes halogenated alkanes) is 11. The molecule has 5 nitrogen and oxygen atoms in total. The fraction of sp³-hybridized carbons (Fsp3) is 1.00. The molecular formula is C18H40BrNO4S. The van der Waals surface area contributed by atoms with E-state index in [1.165, 1.54) is 64.2 Å². The Morgan fingerprint density at radius 1 is 0.840 bits per heavy atom. The summed E-state index contributed by atoms with van der Waals surface area (Å²) >= 11 is 0. The van der Waals surface area contributed by atoms with Gasteiger partial charge in [0.15, 0.2) is 0 Å². The average molecular weight is 446 g/mol. The summed E-state index contributed by atoms with van der Waals surface area (Å²) in [5.74, 6) is 0. The zero-order valence-electron chi connectivity index (χ0n) is 16.7. The number of hydrogen-bond donors (Lipinski definition) is 1. The summed E-state index contributed by atoms with van der Waals surface area (Å²) in [6.07, 6.45) is 15.1. The summed E-state index contributed by atoms with van der Waals surface area (Å²) < 4.78 is 35.4. The molecule has 0 fully saturated rings. The van der Waals surface area contributed by atoms with E-state index in [2.05, 4.69) is 11.1 Å². The lowest BCUT2D eigenvalue weighted by Crippen LogP contribution is -3.00. The molecule has 0 spiro atoms. The summed E-state index contributed by atoms with van der Waals surface area (Å²) in [5.41, 5.74) is 0. The van der Waals surface area contributed by atoms with Crippen molar-refractivity contribution in [1.82, 2.24) is 0 Å². The first kappa shape index (κ1) is 27.5. The van der Waals surface area contributed by atoms with Crippen LogP contribution in [0, 0.1) is 0 Å². The van der Waals surface area contributed by atoms with Crippen LogP contribution in [0.1, 0.15) is 90.9 Å². The lowest BCUT2D eigenvalue weighted by atomic mass is 10.1. The van der Waals surface area contributed by atoms with E-state index in [4.69, 9.17) is 4.55 Å². The zero-order chi connectivity index (χ0) is 18.5. The molecule has 0 heterocycles. The van der Waals surface area contributed by atoms with Crippen LogP contribution < -0.4 is 17.0 Å². The van der Waals surface area contributed by atoms with Crippen LogP contribution in [0.4, 0.5) is 0 Å². The van der Waals surface area contributed by atoms with Gasteiger partial charge in [0.25, 0.3) is 0 Å². The molecule has 154 valence electrons. The predicted octanol–water partition coefficient (Wildman–Crippen LogP) is 1.93. The van der Waals surface area contributed by atoms with E-state index in [1.807, 2.05) is 14.1 Å². The zero-order valence-corrected chi connectivity index (χ0v) is 19.1. The van der Waals surface area contributed by atoms with Crippen LogP contribution in [0.5, 0.6) is 0 Å².